The second-order valence-corrected chi connectivity index (χ2v) is 6.20. The smallest absolute Gasteiger partial charge is 0.227 e. The third kappa shape index (κ3) is 5.44. The third-order valence-electron chi connectivity index (χ3n) is 3.75. The Morgan fingerprint density at radius 3 is 2.12 bits per heavy atom. The summed E-state index contributed by atoms with van der Waals surface area (Å²) in [6.45, 7) is 6.66. The minimum absolute atomic E-state index is 0.0649. The van der Waals surface area contributed by atoms with Crippen LogP contribution in [0.25, 0.3) is 0 Å². The molecule has 0 aromatic heterocycles. The van der Waals surface area contributed by atoms with E-state index in [0.29, 0.717) is 36.3 Å². The van der Waals surface area contributed by atoms with Crippen molar-refractivity contribution in [1.82, 2.24) is 10.6 Å². The molecule has 0 radical (unpaired) electrons. The van der Waals surface area contributed by atoms with Crippen LogP contribution in [0.4, 0.5) is 5.69 Å². The number of hydrogen-bond donors (Lipinski definition) is 3. The van der Waals surface area contributed by atoms with E-state index in [2.05, 4.69) is 20.9 Å². The molecule has 0 aliphatic rings. The molecule has 0 heterocycles. The first-order valence-electron chi connectivity index (χ1n) is 8.40. The van der Waals surface area contributed by atoms with Gasteiger partial charge in [0.1, 0.15) is 0 Å². The van der Waals surface area contributed by atoms with E-state index in [4.69, 9.17) is 14.2 Å². The van der Waals surface area contributed by atoms with E-state index in [1.54, 1.807) is 40.5 Å². The Hall–Kier alpha value is -2.64. The molecular formula is C18H30N4O4. The lowest BCUT2D eigenvalue weighted by Gasteiger charge is -2.21. The molecule has 0 spiro atoms. The standard InChI is InChI=1S/C18H30N4O4/c1-8-20-17(21-11-18(2,3)16(23)19-4)22-12-9-13(24-5)15(26-7)14(10-12)25-6/h9-10H,8,11H2,1-7H3,(H,19,23)(H2,20,21,22). The molecule has 8 nitrogen and oxygen atoms in total. The van der Waals surface area contributed by atoms with Crippen molar-refractivity contribution in [2.45, 2.75) is 20.8 Å². The van der Waals surface area contributed by atoms with Gasteiger partial charge >= 0.3 is 0 Å². The van der Waals surface area contributed by atoms with Gasteiger partial charge < -0.3 is 30.2 Å². The van der Waals surface area contributed by atoms with E-state index in [0.717, 1.165) is 5.69 Å². The largest absolute Gasteiger partial charge is 0.493 e. The monoisotopic (exact) mass is 366 g/mol. The van der Waals surface area contributed by atoms with Crippen molar-refractivity contribution in [3.05, 3.63) is 12.1 Å². The van der Waals surface area contributed by atoms with Crippen LogP contribution in [-0.4, -0.2) is 53.3 Å². The van der Waals surface area contributed by atoms with Crippen LogP contribution in [0, 0.1) is 5.41 Å². The molecule has 0 fully saturated rings. The molecule has 1 amide bonds. The Bertz CT molecular complexity index is 619. The molecule has 3 N–H and O–H groups in total. The maximum Gasteiger partial charge on any atom is 0.227 e. The molecule has 0 atom stereocenters. The summed E-state index contributed by atoms with van der Waals surface area (Å²) in [5.41, 5.74) is 0.101. The normalized spacial score (nSPS) is 11.6. The average Bonchev–Trinajstić information content (AvgIpc) is 2.64. The molecule has 1 rings (SSSR count). The highest BCUT2D eigenvalue weighted by molar-refractivity contribution is 5.94. The summed E-state index contributed by atoms with van der Waals surface area (Å²) in [6.07, 6.45) is 0. The molecule has 146 valence electrons. The van der Waals surface area contributed by atoms with Crippen LogP contribution in [0.2, 0.25) is 0 Å². The van der Waals surface area contributed by atoms with Crippen molar-refractivity contribution in [2.75, 3.05) is 46.8 Å². The van der Waals surface area contributed by atoms with E-state index in [1.807, 2.05) is 20.8 Å². The van der Waals surface area contributed by atoms with Crippen molar-refractivity contribution in [1.29, 1.82) is 0 Å². The molecule has 0 unspecified atom stereocenters. The van der Waals surface area contributed by atoms with Crippen molar-refractivity contribution in [3.8, 4) is 17.2 Å². The average molecular weight is 366 g/mol. The van der Waals surface area contributed by atoms with E-state index in [1.165, 1.54) is 0 Å². The highest BCUT2D eigenvalue weighted by Gasteiger charge is 2.26. The van der Waals surface area contributed by atoms with Crippen molar-refractivity contribution >= 4 is 17.6 Å². The molecule has 0 bridgehead atoms. The minimum Gasteiger partial charge on any atom is -0.493 e. The zero-order valence-corrected chi connectivity index (χ0v) is 16.6. The van der Waals surface area contributed by atoms with Gasteiger partial charge in [0.15, 0.2) is 17.5 Å². The summed E-state index contributed by atoms with van der Waals surface area (Å²) in [5, 5.41) is 9.02. The van der Waals surface area contributed by atoms with Crippen molar-refractivity contribution < 1.29 is 19.0 Å². The second-order valence-electron chi connectivity index (χ2n) is 6.20. The van der Waals surface area contributed by atoms with Crippen LogP contribution < -0.4 is 30.2 Å². The summed E-state index contributed by atoms with van der Waals surface area (Å²) in [5.74, 6) is 2.08. The number of anilines is 1. The molecule has 8 heteroatoms. The highest BCUT2D eigenvalue weighted by atomic mass is 16.5. The lowest BCUT2D eigenvalue weighted by Crippen LogP contribution is -2.38. The van der Waals surface area contributed by atoms with Crippen LogP contribution in [0.1, 0.15) is 20.8 Å². The fraction of sp³-hybridized carbons (Fsp3) is 0.556. The second kappa shape index (κ2) is 9.74. The molecule has 0 saturated heterocycles. The number of guanidine groups is 1. The van der Waals surface area contributed by atoms with Gasteiger partial charge in [0.2, 0.25) is 11.7 Å². The van der Waals surface area contributed by atoms with Gasteiger partial charge in [-0.2, -0.15) is 0 Å². The van der Waals surface area contributed by atoms with Crippen LogP contribution >= 0.6 is 0 Å². The number of methoxy groups -OCH3 is 3. The van der Waals surface area contributed by atoms with Crippen molar-refractivity contribution in [2.24, 2.45) is 10.4 Å². The fourth-order valence-electron chi connectivity index (χ4n) is 2.28. The van der Waals surface area contributed by atoms with Crippen LogP contribution in [0.15, 0.2) is 17.1 Å². The molecule has 0 aliphatic carbocycles. The summed E-state index contributed by atoms with van der Waals surface area (Å²) in [6, 6.07) is 3.58. The maximum absolute atomic E-state index is 11.9. The predicted octanol–water partition coefficient (Wildman–Crippen LogP) is 1.86. The quantitative estimate of drug-likeness (QED) is 0.480. The SMILES string of the molecule is CCNC(=NCC(C)(C)C(=O)NC)Nc1cc(OC)c(OC)c(OC)c1. The lowest BCUT2D eigenvalue weighted by atomic mass is 9.93. The Kier molecular flexibility index (Phi) is 8.02. The number of amides is 1. The highest BCUT2D eigenvalue weighted by Crippen LogP contribution is 2.39. The Balaban J connectivity index is 3.10. The van der Waals surface area contributed by atoms with Gasteiger partial charge in [-0.1, -0.05) is 0 Å². The number of aliphatic imine (C=N–C) groups is 1. The van der Waals surface area contributed by atoms with Gasteiger partial charge in [0.25, 0.3) is 0 Å². The molecule has 1 aromatic carbocycles. The lowest BCUT2D eigenvalue weighted by molar-refractivity contribution is -0.128. The number of benzene rings is 1. The topological polar surface area (TPSA) is 93.2 Å². The van der Waals surface area contributed by atoms with Crippen LogP contribution in [0.3, 0.4) is 0 Å². The van der Waals surface area contributed by atoms with Gasteiger partial charge in [-0.05, 0) is 20.8 Å². The first-order chi connectivity index (χ1) is 12.3. The number of hydrogen-bond acceptors (Lipinski definition) is 5. The zero-order chi connectivity index (χ0) is 19.7. The molecule has 26 heavy (non-hydrogen) atoms. The van der Waals surface area contributed by atoms with Gasteiger partial charge in [0.05, 0.1) is 33.3 Å². The van der Waals surface area contributed by atoms with E-state index < -0.39 is 5.41 Å². The maximum atomic E-state index is 11.9. The van der Waals surface area contributed by atoms with Gasteiger partial charge in [-0.25, -0.2) is 0 Å². The summed E-state index contributed by atoms with van der Waals surface area (Å²) in [7, 11) is 6.30. The zero-order valence-electron chi connectivity index (χ0n) is 16.6. The van der Waals surface area contributed by atoms with Crippen molar-refractivity contribution in [3.63, 3.8) is 0 Å². The first kappa shape index (κ1) is 21.4. The third-order valence-corrected chi connectivity index (χ3v) is 3.75. The fourth-order valence-corrected chi connectivity index (χ4v) is 2.28. The number of carbonyl (C=O) groups excluding carboxylic acids is 1. The van der Waals surface area contributed by atoms with E-state index >= 15 is 0 Å². The number of ether oxygens (including phenoxy) is 3. The minimum atomic E-state index is -0.619. The van der Waals surface area contributed by atoms with Gasteiger partial charge in [-0.3, -0.25) is 9.79 Å². The summed E-state index contributed by atoms with van der Waals surface area (Å²) < 4.78 is 16.1. The van der Waals surface area contributed by atoms with Crippen LogP contribution in [0.5, 0.6) is 17.2 Å². The number of rotatable bonds is 8. The summed E-state index contributed by atoms with van der Waals surface area (Å²) in [4.78, 5) is 16.5. The Morgan fingerprint density at radius 1 is 1.12 bits per heavy atom. The Morgan fingerprint density at radius 2 is 1.69 bits per heavy atom. The van der Waals surface area contributed by atoms with E-state index in [9.17, 15) is 4.79 Å². The number of nitrogens with zero attached hydrogens (tertiary/aromatic N) is 1. The molecule has 1 aromatic rings. The number of carbonyl (C=O) groups is 1. The molecule has 0 saturated carbocycles. The predicted molar refractivity (Wildman–Crippen MR) is 104 cm³/mol. The van der Waals surface area contributed by atoms with E-state index in [-0.39, 0.29) is 5.91 Å². The summed E-state index contributed by atoms with van der Waals surface area (Å²) >= 11 is 0. The van der Waals surface area contributed by atoms with Crippen LogP contribution in [-0.2, 0) is 4.79 Å². The Labute approximate surface area is 155 Å². The first-order valence-corrected chi connectivity index (χ1v) is 8.40. The van der Waals surface area contributed by atoms with Gasteiger partial charge in [-0.15, -0.1) is 0 Å². The molecule has 0 aliphatic heterocycles. The molecular weight excluding hydrogens is 336 g/mol. The number of nitrogens with one attached hydrogen (secondary N) is 3. The van der Waals surface area contributed by atoms with Gasteiger partial charge in [0, 0.05) is 31.4 Å².